The molecule has 1 fully saturated rings. The van der Waals surface area contributed by atoms with Gasteiger partial charge in [0.1, 0.15) is 13.2 Å². The smallest absolute Gasteiger partial charge is 0.407 e. The molecule has 0 bridgehead atoms. The molecule has 1 heterocycles. The number of ether oxygens (including phenoxy) is 3. The third kappa shape index (κ3) is 14.4. The van der Waals surface area contributed by atoms with Gasteiger partial charge in [-0.25, -0.2) is 14.4 Å². The lowest BCUT2D eigenvalue weighted by molar-refractivity contribution is -0.138. The highest BCUT2D eigenvalue weighted by Crippen LogP contribution is 2.09. The second-order valence-electron chi connectivity index (χ2n) is 6.85. The Hall–Kier alpha value is -2.29. The van der Waals surface area contributed by atoms with Crippen molar-refractivity contribution in [2.24, 2.45) is 0 Å². The summed E-state index contributed by atoms with van der Waals surface area (Å²) in [5.74, 6) is -0.548. The van der Waals surface area contributed by atoms with E-state index in [1.165, 1.54) is 12.8 Å². The fraction of sp³-hybridized carbons (Fsp3) is 0.750. The second kappa shape index (κ2) is 16.6. The Labute approximate surface area is 172 Å². The topological polar surface area (TPSA) is 115 Å². The van der Waals surface area contributed by atoms with Crippen LogP contribution in [-0.2, 0) is 19.0 Å². The van der Waals surface area contributed by atoms with E-state index < -0.39 is 12.1 Å². The van der Waals surface area contributed by atoms with Crippen LogP contribution in [0.5, 0.6) is 0 Å². The summed E-state index contributed by atoms with van der Waals surface area (Å²) in [7, 11) is 0. The first-order valence-corrected chi connectivity index (χ1v) is 10.5. The van der Waals surface area contributed by atoms with Gasteiger partial charge in [-0.1, -0.05) is 25.8 Å². The standard InChI is InChI=1S/C20H35N3O6/c1-2-18(24)27-15-16-29-20(26)23-13-7-4-3-6-12-22-19(25)28-14-10-17-9-5-8-11-21-17/h2,17,21H,1,3-16H2,(H,22,25)(H,23,26). The molecule has 1 rings (SSSR count). The highest BCUT2D eigenvalue weighted by atomic mass is 16.6. The Balaban J connectivity index is 1.82. The van der Waals surface area contributed by atoms with Gasteiger partial charge in [0.2, 0.25) is 0 Å². The first-order chi connectivity index (χ1) is 14.1. The molecule has 1 atom stereocenters. The summed E-state index contributed by atoms with van der Waals surface area (Å²) in [5.41, 5.74) is 0. The number of esters is 1. The van der Waals surface area contributed by atoms with E-state index in [1.54, 1.807) is 0 Å². The Morgan fingerprint density at radius 2 is 1.52 bits per heavy atom. The molecule has 9 nitrogen and oxygen atoms in total. The average Bonchev–Trinajstić information content (AvgIpc) is 2.73. The van der Waals surface area contributed by atoms with Crippen LogP contribution in [0.1, 0.15) is 51.4 Å². The molecular formula is C20H35N3O6. The van der Waals surface area contributed by atoms with Crippen molar-refractivity contribution < 1.29 is 28.6 Å². The minimum atomic E-state index is -0.548. The fourth-order valence-corrected chi connectivity index (χ4v) is 2.89. The number of carbonyl (C=O) groups excluding carboxylic acids is 3. The Morgan fingerprint density at radius 3 is 2.10 bits per heavy atom. The van der Waals surface area contributed by atoms with E-state index in [4.69, 9.17) is 9.47 Å². The summed E-state index contributed by atoms with van der Waals surface area (Å²) < 4.78 is 14.7. The minimum Gasteiger partial charge on any atom is -0.459 e. The van der Waals surface area contributed by atoms with Gasteiger partial charge in [0.05, 0.1) is 6.61 Å². The summed E-state index contributed by atoms with van der Waals surface area (Å²) in [6.45, 7) is 5.87. The molecule has 1 aliphatic heterocycles. The summed E-state index contributed by atoms with van der Waals surface area (Å²) in [6, 6.07) is 0.470. The van der Waals surface area contributed by atoms with E-state index in [-0.39, 0.29) is 19.3 Å². The van der Waals surface area contributed by atoms with Crippen LogP contribution in [0.2, 0.25) is 0 Å². The second-order valence-corrected chi connectivity index (χ2v) is 6.85. The van der Waals surface area contributed by atoms with Crippen LogP contribution in [0.4, 0.5) is 9.59 Å². The SMILES string of the molecule is C=CC(=O)OCCOC(=O)NCCCCCCNC(=O)OCCC1CCCCN1. The maximum Gasteiger partial charge on any atom is 0.407 e. The molecule has 29 heavy (non-hydrogen) atoms. The summed E-state index contributed by atoms with van der Waals surface area (Å²) >= 11 is 0. The number of amides is 2. The maximum absolute atomic E-state index is 11.6. The van der Waals surface area contributed by atoms with Gasteiger partial charge in [0, 0.05) is 25.2 Å². The third-order valence-corrected chi connectivity index (χ3v) is 4.48. The van der Waals surface area contributed by atoms with Crippen LogP contribution in [0.3, 0.4) is 0 Å². The van der Waals surface area contributed by atoms with E-state index in [1.807, 2.05) is 0 Å². The highest BCUT2D eigenvalue weighted by Gasteiger charge is 2.12. The van der Waals surface area contributed by atoms with Gasteiger partial charge in [0.25, 0.3) is 0 Å². The molecule has 0 radical (unpaired) electrons. The van der Waals surface area contributed by atoms with Gasteiger partial charge in [0.15, 0.2) is 0 Å². The Kier molecular flexibility index (Phi) is 14.2. The molecule has 0 aromatic carbocycles. The summed E-state index contributed by atoms with van der Waals surface area (Å²) in [5, 5.41) is 8.81. The molecule has 1 unspecified atom stereocenters. The summed E-state index contributed by atoms with van der Waals surface area (Å²) in [6.07, 6.45) is 8.21. The van der Waals surface area contributed by atoms with Crippen molar-refractivity contribution in [2.45, 2.75) is 57.4 Å². The van der Waals surface area contributed by atoms with Crippen molar-refractivity contribution in [3.63, 3.8) is 0 Å². The number of piperidine rings is 1. The van der Waals surface area contributed by atoms with Crippen LogP contribution >= 0.6 is 0 Å². The van der Waals surface area contributed by atoms with Crippen LogP contribution in [0.15, 0.2) is 12.7 Å². The highest BCUT2D eigenvalue weighted by molar-refractivity contribution is 5.81. The predicted octanol–water partition coefficient (Wildman–Crippen LogP) is 2.26. The quantitative estimate of drug-likeness (QED) is 0.173. The number of alkyl carbamates (subject to hydrolysis) is 2. The van der Waals surface area contributed by atoms with Gasteiger partial charge < -0.3 is 30.2 Å². The normalized spacial score (nSPS) is 15.8. The number of nitrogens with one attached hydrogen (secondary N) is 3. The van der Waals surface area contributed by atoms with Crippen molar-refractivity contribution in [2.75, 3.05) is 39.5 Å². The third-order valence-electron chi connectivity index (χ3n) is 4.48. The fourth-order valence-electron chi connectivity index (χ4n) is 2.89. The van der Waals surface area contributed by atoms with Crippen LogP contribution in [0.25, 0.3) is 0 Å². The number of hydrogen-bond acceptors (Lipinski definition) is 7. The van der Waals surface area contributed by atoms with Gasteiger partial charge in [-0.15, -0.1) is 0 Å². The van der Waals surface area contributed by atoms with Crippen molar-refractivity contribution in [1.29, 1.82) is 0 Å². The molecule has 2 amide bonds. The number of unbranched alkanes of at least 4 members (excludes halogenated alkanes) is 3. The molecule has 3 N–H and O–H groups in total. The number of hydrogen-bond donors (Lipinski definition) is 3. The molecule has 1 saturated heterocycles. The molecule has 0 spiro atoms. The zero-order valence-electron chi connectivity index (χ0n) is 17.2. The lowest BCUT2D eigenvalue weighted by Crippen LogP contribution is -2.35. The largest absolute Gasteiger partial charge is 0.459 e. The van der Waals surface area contributed by atoms with E-state index in [2.05, 4.69) is 27.3 Å². The van der Waals surface area contributed by atoms with Gasteiger partial charge in [-0.3, -0.25) is 0 Å². The lowest BCUT2D eigenvalue weighted by Gasteiger charge is -2.23. The molecule has 166 valence electrons. The van der Waals surface area contributed by atoms with Crippen LogP contribution in [0, 0.1) is 0 Å². The van der Waals surface area contributed by atoms with E-state index >= 15 is 0 Å². The molecule has 0 aromatic heterocycles. The summed E-state index contributed by atoms with van der Waals surface area (Å²) in [4.78, 5) is 33.8. The van der Waals surface area contributed by atoms with Crippen LogP contribution in [-0.4, -0.2) is 63.7 Å². The molecule has 0 aromatic rings. The number of carbonyl (C=O) groups is 3. The Morgan fingerprint density at radius 1 is 0.897 bits per heavy atom. The lowest BCUT2D eigenvalue weighted by atomic mass is 10.0. The van der Waals surface area contributed by atoms with Crippen molar-refractivity contribution >= 4 is 18.2 Å². The van der Waals surface area contributed by atoms with Crippen LogP contribution < -0.4 is 16.0 Å². The van der Waals surface area contributed by atoms with E-state index in [0.717, 1.165) is 51.1 Å². The molecular weight excluding hydrogens is 378 g/mol. The first kappa shape index (κ1) is 24.7. The molecule has 9 heteroatoms. The van der Waals surface area contributed by atoms with Crippen molar-refractivity contribution in [1.82, 2.24) is 16.0 Å². The van der Waals surface area contributed by atoms with Gasteiger partial charge in [-0.05, 0) is 38.6 Å². The van der Waals surface area contributed by atoms with Crippen molar-refractivity contribution in [3.05, 3.63) is 12.7 Å². The van der Waals surface area contributed by atoms with E-state index in [0.29, 0.717) is 25.7 Å². The van der Waals surface area contributed by atoms with Gasteiger partial charge in [-0.2, -0.15) is 0 Å². The zero-order valence-corrected chi connectivity index (χ0v) is 17.2. The van der Waals surface area contributed by atoms with Gasteiger partial charge >= 0.3 is 18.2 Å². The monoisotopic (exact) mass is 413 g/mol. The maximum atomic E-state index is 11.6. The first-order valence-electron chi connectivity index (χ1n) is 10.5. The average molecular weight is 414 g/mol. The number of rotatable bonds is 14. The molecule has 0 aliphatic carbocycles. The minimum absolute atomic E-state index is 0.00432. The van der Waals surface area contributed by atoms with Crippen molar-refractivity contribution in [3.8, 4) is 0 Å². The van der Waals surface area contributed by atoms with E-state index in [9.17, 15) is 14.4 Å². The predicted molar refractivity (Wildman–Crippen MR) is 109 cm³/mol. The molecule has 0 saturated carbocycles. The Bertz CT molecular complexity index is 495. The molecule has 1 aliphatic rings. The zero-order chi connectivity index (χ0) is 21.2.